The molecule has 0 aliphatic carbocycles. The lowest BCUT2D eigenvalue weighted by molar-refractivity contribution is -0.131. The van der Waals surface area contributed by atoms with Crippen LogP contribution in [0.1, 0.15) is 37.3 Å². The van der Waals surface area contributed by atoms with Gasteiger partial charge < -0.3 is 10.2 Å². The van der Waals surface area contributed by atoms with Crippen molar-refractivity contribution in [2.24, 2.45) is 0 Å². The fourth-order valence-corrected chi connectivity index (χ4v) is 2.35. The zero-order valence-corrected chi connectivity index (χ0v) is 11.6. The van der Waals surface area contributed by atoms with E-state index in [9.17, 15) is 13.6 Å². The number of likely N-dealkylation sites (tertiary alicyclic amines) is 1. The summed E-state index contributed by atoms with van der Waals surface area (Å²) in [6.45, 7) is 4.03. The molecule has 110 valence electrons. The van der Waals surface area contributed by atoms with Gasteiger partial charge in [-0.15, -0.1) is 0 Å². The maximum absolute atomic E-state index is 12.4. The Morgan fingerprint density at radius 1 is 1.25 bits per heavy atom. The van der Waals surface area contributed by atoms with E-state index in [1.165, 1.54) is 12.1 Å². The normalized spacial score (nSPS) is 16.7. The highest BCUT2D eigenvalue weighted by molar-refractivity contribution is 5.81. The van der Waals surface area contributed by atoms with Gasteiger partial charge in [-0.05, 0) is 25.3 Å². The van der Waals surface area contributed by atoms with Crippen LogP contribution in [0.25, 0.3) is 0 Å². The Morgan fingerprint density at radius 3 is 2.40 bits per heavy atom. The molecule has 1 atom stereocenters. The van der Waals surface area contributed by atoms with Crippen LogP contribution in [0.2, 0.25) is 0 Å². The predicted octanol–water partition coefficient (Wildman–Crippen LogP) is 2.72. The number of hydrogen-bond acceptors (Lipinski definition) is 2. The van der Waals surface area contributed by atoms with Crippen molar-refractivity contribution in [1.82, 2.24) is 10.2 Å². The third-order valence-electron chi connectivity index (χ3n) is 3.63. The fourth-order valence-electron chi connectivity index (χ4n) is 2.35. The number of hydrogen-bond donors (Lipinski definition) is 1. The van der Waals surface area contributed by atoms with Crippen LogP contribution >= 0.6 is 0 Å². The van der Waals surface area contributed by atoms with Gasteiger partial charge in [-0.25, -0.2) is 8.78 Å². The van der Waals surface area contributed by atoms with E-state index < -0.39 is 6.43 Å². The lowest BCUT2D eigenvalue weighted by atomic mass is 10.1. The molecule has 0 bridgehead atoms. The van der Waals surface area contributed by atoms with Crippen LogP contribution in [0.5, 0.6) is 0 Å². The highest BCUT2D eigenvalue weighted by atomic mass is 19.3. The maximum atomic E-state index is 12.4. The Morgan fingerprint density at radius 2 is 1.85 bits per heavy atom. The summed E-state index contributed by atoms with van der Waals surface area (Å²) in [5, 5.41) is 3.15. The van der Waals surface area contributed by atoms with Gasteiger partial charge in [0.1, 0.15) is 0 Å². The number of amides is 1. The smallest absolute Gasteiger partial charge is 0.263 e. The Balaban J connectivity index is 1.83. The summed E-state index contributed by atoms with van der Waals surface area (Å²) in [5.41, 5.74) is 0.922. The van der Waals surface area contributed by atoms with E-state index in [0.717, 1.165) is 31.5 Å². The SMILES string of the molecule is CC(NCc1ccc(C(F)F)cc1)C(=O)N1CCCC1. The van der Waals surface area contributed by atoms with Gasteiger partial charge in [0.15, 0.2) is 0 Å². The van der Waals surface area contributed by atoms with E-state index in [-0.39, 0.29) is 17.5 Å². The van der Waals surface area contributed by atoms with Crippen LogP contribution in [-0.4, -0.2) is 29.9 Å². The molecule has 2 rings (SSSR count). The first-order valence-corrected chi connectivity index (χ1v) is 6.97. The molecule has 0 radical (unpaired) electrons. The number of nitrogens with one attached hydrogen (secondary N) is 1. The van der Waals surface area contributed by atoms with Crippen molar-refractivity contribution in [3.05, 3.63) is 35.4 Å². The van der Waals surface area contributed by atoms with Gasteiger partial charge in [0.2, 0.25) is 5.91 Å². The lowest BCUT2D eigenvalue weighted by Gasteiger charge is -2.21. The Bertz CT molecular complexity index is 442. The Hall–Kier alpha value is -1.49. The van der Waals surface area contributed by atoms with Crippen LogP contribution in [0.15, 0.2) is 24.3 Å². The Kier molecular flexibility index (Phi) is 5.06. The second-order valence-corrected chi connectivity index (χ2v) is 5.18. The molecule has 0 aromatic heterocycles. The van der Waals surface area contributed by atoms with E-state index in [1.54, 1.807) is 12.1 Å². The highest BCUT2D eigenvalue weighted by Crippen LogP contribution is 2.18. The average Bonchev–Trinajstić information content (AvgIpc) is 2.98. The summed E-state index contributed by atoms with van der Waals surface area (Å²) in [7, 11) is 0. The second-order valence-electron chi connectivity index (χ2n) is 5.18. The zero-order chi connectivity index (χ0) is 14.5. The predicted molar refractivity (Wildman–Crippen MR) is 73.5 cm³/mol. The van der Waals surface area contributed by atoms with Gasteiger partial charge >= 0.3 is 0 Å². The van der Waals surface area contributed by atoms with Crippen LogP contribution in [0.3, 0.4) is 0 Å². The number of benzene rings is 1. The minimum atomic E-state index is -2.44. The summed E-state index contributed by atoms with van der Waals surface area (Å²) >= 11 is 0. The number of carbonyl (C=O) groups excluding carboxylic acids is 1. The van der Waals surface area contributed by atoms with Crippen molar-refractivity contribution in [2.75, 3.05) is 13.1 Å². The monoisotopic (exact) mass is 282 g/mol. The second kappa shape index (κ2) is 6.79. The average molecular weight is 282 g/mol. The third-order valence-corrected chi connectivity index (χ3v) is 3.63. The molecule has 1 unspecified atom stereocenters. The van der Waals surface area contributed by atoms with E-state index >= 15 is 0 Å². The third kappa shape index (κ3) is 3.76. The van der Waals surface area contributed by atoms with Crippen molar-refractivity contribution in [2.45, 2.75) is 38.8 Å². The molecule has 1 heterocycles. The summed E-state index contributed by atoms with van der Waals surface area (Å²) in [5.74, 6) is 0.117. The van der Waals surface area contributed by atoms with Gasteiger partial charge in [-0.3, -0.25) is 4.79 Å². The molecule has 1 aromatic rings. The summed E-state index contributed by atoms with van der Waals surface area (Å²) in [4.78, 5) is 13.9. The van der Waals surface area contributed by atoms with E-state index in [1.807, 2.05) is 11.8 Å². The number of nitrogens with zero attached hydrogens (tertiary/aromatic N) is 1. The number of rotatable bonds is 5. The largest absolute Gasteiger partial charge is 0.341 e. The minimum Gasteiger partial charge on any atom is -0.341 e. The quantitative estimate of drug-likeness (QED) is 0.900. The molecule has 1 aliphatic heterocycles. The molecule has 0 saturated carbocycles. The first kappa shape index (κ1) is 14.9. The van der Waals surface area contributed by atoms with Gasteiger partial charge in [0.25, 0.3) is 6.43 Å². The van der Waals surface area contributed by atoms with Gasteiger partial charge in [-0.1, -0.05) is 24.3 Å². The van der Waals surface area contributed by atoms with Crippen LogP contribution in [0.4, 0.5) is 8.78 Å². The van der Waals surface area contributed by atoms with Gasteiger partial charge in [0, 0.05) is 25.2 Å². The van der Waals surface area contributed by atoms with E-state index in [4.69, 9.17) is 0 Å². The number of halogens is 2. The van der Waals surface area contributed by atoms with Crippen LogP contribution < -0.4 is 5.32 Å². The van der Waals surface area contributed by atoms with E-state index in [2.05, 4.69) is 5.32 Å². The minimum absolute atomic E-state index is 0.0231. The summed E-state index contributed by atoms with van der Waals surface area (Å²) in [6, 6.07) is 5.94. The molecular weight excluding hydrogens is 262 g/mol. The molecule has 1 fully saturated rings. The summed E-state index contributed by atoms with van der Waals surface area (Å²) in [6.07, 6.45) is -0.283. The van der Waals surface area contributed by atoms with Crippen molar-refractivity contribution >= 4 is 5.91 Å². The molecular formula is C15H20F2N2O. The van der Waals surface area contributed by atoms with Crippen molar-refractivity contribution in [3.8, 4) is 0 Å². The van der Waals surface area contributed by atoms with Gasteiger partial charge in [-0.2, -0.15) is 0 Å². The van der Waals surface area contributed by atoms with Crippen molar-refractivity contribution in [3.63, 3.8) is 0 Å². The molecule has 5 heteroatoms. The topological polar surface area (TPSA) is 32.3 Å². The number of carbonyl (C=O) groups is 1. The van der Waals surface area contributed by atoms with E-state index in [0.29, 0.717) is 6.54 Å². The standard InChI is InChI=1S/C15H20F2N2O/c1-11(15(20)19-8-2-3-9-19)18-10-12-4-6-13(7-5-12)14(16)17/h4-7,11,14,18H,2-3,8-10H2,1H3. The first-order valence-electron chi connectivity index (χ1n) is 6.97. The van der Waals surface area contributed by atoms with Crippen molar-refractivity contribution in [1.29, 1.82) is 0 Å². The molecule has 0 spiro atoms. The summed E-state index contributed by atoms with van der Waals surface area (Å²) < 4.78 is 24.9. The maximum Gasteiger partial charge on any atom is 0.263 e. The molecule has 1 saturated heterocycles. The van der Waals surface area contributed by atoms with Gasteiger partial charge in [0.05, 0.1) is 6.04 Å². The number of alkyl halides is 2. The first-order chi connectivity index (χ1) is 9.58. The highest BCUT2D eigenvalue weighted by Gasteiger charge is 2.22. The molecule has 1 aliphatic rings. The van der Waals surface area contributed by atoms with Crippen LogP contribution in [-0.2, 0) is 11.3 Å². The Labute approximate surface area is 118 Å². The molecule has 3 nitrogen and oxygen atoms in total. The molecule has 1 aromatic carbocycles. The molecule has 1 N–H and O–H groups in total. The fraction of sp³-hybridized carbons (Fsp3) is 0.533. The lowest BCUT2D eigenvalue weighted by Crippen LogP contribution is -2.43. The molecule has 20 heavy (non-hydrogen) atoms. The van der Waals surface area contributed by atoms with Crippen molar-refractivity contribution < 1.29 is 13.6 Å². The van der Waals surface area contributed by atoms with Crippen LogP contribution in [0, 0.1) is 0 Å². The zero-order valence-electron chi connectivity index (χ0n) is 11.6. The molecule has 1 amide bonds.